The molecule has 3 rings (SSSR count). The summed E-state index contributed by atoms with van der Waals surface area (Å²) in [6.45, 7) is 3.77. The number of nitrogens with one attached hydrogen (secondary N) is 1. The molecule has 1 N–H and O–H groups in total. The van der Waals surface area contributed by atoms with Crippen molar-refractivity contribution in [1.29, 1.82) is 0 Å². The van der Waals surface area contributed by atoms with Gasteiger partial charge in [-0.3, -0.25) is 4.79 Å². The summed E-state index contributed by atoms with van der Waals surface area (Å²) in [4.78, 5) is 14.2. The molecule has 2 fully saturated rings. The van der Waals surface area contributed by atoms with Crippen molar-refractivity contribution in [1.82, 2.24) is 10.2 Å². The summed E-state index contributed by atoms with van der Waals surface area (Å²) in [5, 5.41) is 3.54. The molecule has 27 heavy (non-hydrogen) atoms. The first kappa shape index (κ1) is 21.8. The smallest absolute Gasteiger partial charge is 0.419 e. The predicted molar refractivity (Wildman–Crippen MR) is 99.1 cm³/mol. The molecule has 2 aliphatic rings. The number of benzene rings is 1. The highest BCUT2D eigenvalue weighted by Gasteiger charge is 2.35. The fourth-order valence-electron chi connectivity index (χ4n) is 3.26. The van der Waals surface area contributed by atoms with Crippen molar-refractivity contribution in [3.05, 3.63) is 29.8 Å². The molecule has 1 amide bonds. The van der Waals surface area contributed by atoms with Crippen molar-refractivity contribution in [3.8, 4) is 5.75 Å². The number of ether oxygens (including phenoxy) is 1. The molecule has 1 aromatic carbocycles. The molecule has 1 heterocycles. The van der Waals surface area contributed by atoms with Crippen molar-refractivity contribution in [2.75, 3.05) is 19.6 Å². The monoisotopic (exact) mass is 406 g/mol. The SMILES string of the molecule is CC(Oc1ccccc1C(F)(F)F)C(=O)N1CCC(NCC2CC2)CC1.Cl. The number of amides is 1. The molecule has 1 aliphatic carbocycles. The Morgan fingerprint density at radius 2 is 1.85 bits per heavy atom. The number of piperidine rings is 1. The summed E-state index contributed by atoms with van der Waals surface area (Å²) in [5.74, 6) is 0.251. The van der Waals surface area contributed by atoms with Crippen LogP contribution in [-0.2, 0) is 11.0 Å². The van der Waals surface area contributed by atoms with Gasteiger partial charge < -0.3 is 15.0 Å². The van der Waals surface area contributed by atoms with Crippen LogP contribution < -0.4 is 10.1 Å². The van der Waals surface area contributed by atoms with Crippen LogP contribution in [0.5, 0.6) is 5.75 Å². The Kier molecular flexibility index (Phi) is 7.40. The molecule has 0 bridgehead atoms. The van der Waals surface area contributed by atoms with Crippen LogP contribution in [0.3, 0.4) is 0 Å². The molecule has 0 spiro atoms. The lowest BCUT2D eigenvalue weighted by molar-refractivity contribution is -0.144. The molecule has 1 unspecified atom stereocenters. The summed E-state index contributed by atoms with van der Waals surface area (Å²) >= 11 is 0. The topological polar surface area (TPSA) is 41.6 Å². The number of alkyl halides is 3. The van der Waals surface area contributed by atoms with Crippen LogP contribution in [0.1, 0.15) is 38.2 Å². The number of likely N-dealkylation sites (tertiary alicyclic amines) is 1. The van der Waals surface area contributed by atoms with E-state index < -0.39 is 17.8 Å². The van der Waals surface area contributed by atoms with E-state index in [4.69, 9.17) is 4.74 Å². The second-order valence-corrected chi connectivity index (χ2v) is 7.21. The van der Waals surface area contributed by atoms with Crippen molar-refractivity contribution >= 4 is 18.3 Å². The molecule has 152 valence electrons. The number of rotatable bonds is 6. The second-order valence-electron chi connectivity index (χ2n) is 7.21. The normalized spacial score (nSPS) is 19.3. The molecule has 1 aromatic rings. The number of carbonyl (C=O) groups excluding carboxylic acids is 1. The quantitative estimate of drug-likeness (QED) is 0.779. The van der Waals surface area contributed by atoms with E-state index in [1.165, 1.54) is 38.0 Å². The standard InChI is InChI=1S/C19H25F3N2O2.ClH/c1-13(26-17-5-3-2-4-16(17)19(20,21)22)18(25)24-10-8-15(9-11-24)23-12-14-6-7-14;/h2-5,13-15,23H,6-12H2,1H3;1H. The number of para-hydroxylation sites is 1. The predicted octanol–water partition coefficient (Wildman–Crippen LogP) is 3.89. The summed E-state index contributed by atoms with van der Waals surface area (Å²) in [5.41, 5.74) is -0.859. The highest BCUT2D eigenvalue weighted by molar-refractivity contribution is 5.85. The molecular weight excluding hydrogens is 381 g/mol. The van der Waals surface area contributed by atoms with Gasteiger partial charge in [0.05, 0.1) is 5.56 Å². The first-order chi connectivity index (χ1) is 12.3. The maximum Gasteiger partial charge on any atom is 0.419 e. The fourth-order valence-corrected chi connectivity index (χ4v) is 3.26. The lowest BCUT2D eigenvalue weighted by Gasteiger charge is -2.34. The maximum absolute atomic E-state index is 13.0. The molecule has 0 radical (unpaired) electrons. The number of hydrogen-bond acceptors (Lipinski definition) is 3. The van der Waals surface area contributed by atoms with Gasteiger partial charge in [-0.1, -0.05) is 12.1 Å². The van der Waals surface area contributed by atoms with Gasteiger partial charge in [0.15, 0.2) is 6.10 Å². The maximum atomic E-state index is 13.0. The van der Waals surface area contributed by atoms with Gasteiger partial charge in [0, 0.05) is 19.1 Å². The van der Waals surface area contributed by atoms with Gasteiger partial charge in [0.2, 0.25) is 0 Å². The first-order valence-corrected chi connectivity index (χ1v) is 9.19. The van der Waals surface area contributed by atoms with E-state index in [-0.39, 0.29) is 24.1 Å². The van der Waals surface area contributed by atoms with Crippen LogP contribution in [-0.4, -0.2) is 42.6 Å². The molecule has 4 nitrogen and oxygen atoms in total. The third-order valence-electron chi connectivity index (χ3n) is 5.04. The Hall–Kier alpha value is -1.47. The van der Waals surface area contributed by atoms with Gasteiger partial charge >= 0.3 is 6.18 Å². The third-order valence-corrected chi connectivity index (χ3v) is 5.04. The van der Waals surface area contributed by atoms with Crippen LogP contribution >= 0.6 is 12.4 Å². The number of carbonyl (C=O) groups is 1. The van der Waals surface area contributed by atoms with Gasteiger partial charge in [-0.25, -0.2) is 0 Å². The van der Waals surface area contributed by atoms with Gasteiger partial charge in [-0.05, 0) is 57.2 Å². The van der Waals surface area contributed by atoms with E-state index >= 15 is 0 Å². The Balaban J connectivity index is 0.00000261. The minimum atomic E-state index is -4.51. The molecule has 1 saturated carbocycles. The highest BCUT2D eigenvalue weighted by Crippen LogP contribution is 2.36. The molecule has 1 atom stereocenters. The molecular formula is C19H26ClF3N2O2. The van der Waals surface area contributed by atoms with Crippen molar-refractivity contribution < 1.29 is 22.7 Å². The molecule has 0 aromatic heterocycles. The van der Waals surface area contributed by atoms with Gasteiger partial charge in [0.25, 0.3) is 5.91 Å². The average molecular weight is 407 g/mol. The van der Waals surface area contributed by atoms with E-state index in [2.05, 4.69) is 5.32 Å². The largest absolute Gasteiger partial charge is 0.480 e. The Labute approximate surface area is 163 Å². The zero-order valence-electron chi connectivity index (χ0n) is 15.3. The second kappa shape index (κ2) is 9.15. The zero-order chi connectivity index (χ0) is 18.7. The fraction of sp³-hybridized carbons (Fsp3) is 0.632. The van der Waals surface area contributed by atoms with Gasteiger partial charge in [-0.15, -0.1) is 12.4 Å². The van der Waals surface area contributed by atoms with Crippen LogP contribution in [0, 0.1) is 5.92 Å². The summed E-state index contributed by atoms with van der Waals surface area (Å²) in [7, 11) is 0. The van der Waals surface area contributed by atoms with Crippen LogP contribution in [0.25, 0.3) is 0 Å². The van der Waals surface area contributed by atoms with E-state index in [1.807, 2.05) is 0 Å². The van der Waals surface area contributed by atoms with Crippen LogP contribution in [0.2, 0.25) is 0 Å². The average Bonchev–Trinajstić information content (AvgIpc) is 3.44. The number of nitrogens with zero attached hydrogens (tertiary/aromatic N) is 1. The molecule has 8 heteroatoms. The van der Waals surface area contributed by atoms with Gasteiger partial charge in [-0.2, -0.15) is 13.2 Å². The number of halogens is 4. The third kappa shape index (κ3) is 6.01. The molecule has 1 aliphatic heterocycles. The lowest BCUT2D eigenvalue weighted by Crippen LogP contribution is -2.48. The van der Waals surface area contributed by atoms with Crippen LogP contribution in [0.15, 0.2) is 24.3 Å². The minimum Gasteiger partial charge on any atom is -0.480 e. The van der Waals surface area contributed by atoms with Gasteiger partial charge in [0.1, 0.15) is 5.75 Å². The Morgan fingerprint density at radius 3 is 2.44 bits per heavy atom. The van der Waals surface area contributed by atoms with E-state index in [0.717, 1.165) is 31.4 Å². The van der Waals surface area contributed by atoms with Crippen molar-refractivity contribution in [2.24, 2.45) is 5.92 Å². The lowest BCUT2D eigenvalue weighted by atomic mass is 10.0. The summed E-state index contributed by atoms with van der Waals surface area (Å²) < 4.78 is 44.5. The summed E-state index contributed by atoms with van der Waals surface area (Å²) in [6, 6.07) is 5.41. The van der Waals surface area contributed by atoms with E-state index in [1.54, 1.807) is 4.90 Å². The highest BCUT2D eigenvalue weighted by atomic mass is 35.5. The Bertz CT molecular complexity index is 630. The van der Waals surface area contributed by atoms with Crippen molar-refractivity contribution in [2.45, 2.75) is 50.9 Å². The van der Waals surface area contributed by atoms with E-state index in [9.17, 15) is 18.0 Å². The van der Waals surface area contributed by atoms with E-state index in [0.29, 0.717) is 19.1 Å². The minimum absolute atomic E-state index is 0. The van der Waals surface area contributed by atoms with Crippen molar-refractivity contribution in [3.63, 3.8) is 0 Å². The first-order valence-electron chi connectivity index (χ1n) is 9.19. The summed E-state index contributed by atoms with van der Waals surface area (Å²) in [6.07, 6.45) is -1.12. The zero-order valence-corrected chi connectivity index (χ0v) is 16.1. The molecule has 1 saturated heterocycles. The van der Waals surface area contributed by atoms with Crippen LogP contribution in [0.4, 0.5) is 13.2 Å². The Morgan fingerprint density at radius 1 is 1.22 bits per heavy atom. The number of hydrogen-bond donors (Lipinski definition) is 1.